The van der Waals surface area contributed by atoms with E-state index >= 15 is 0 Å². The van der Waals surface area contributed by atoms with E-state index < -0.39 is 5.97 Å². The third kappa shape index (κ3) is 7.38. The van der Waals surface area contributed by atoms with Crippen molar-refractivity contribution in [2.75, 3.05) is 6.54 Å². The van der Waals surface area contributed by atoms with Crippen LogP contribution in [0.2, 0.25) is 0 Å². The molecule has 0 aromatic heterocycles. The Morgan fingerprint density at radius 2 is 1.53 bits per heavy atom. The molecule has 1 atom stereocenters. The fourth-order valence-electron chi connectivity index (χ4n) is 3.96. The number of hydrogen-bond donors (Lipinski definition) is 2. The number of carbonyl (C=O) groups is 2. The van der Waals surface area contributed by atoms with Crippen molar-refractivity contribution >= 4 is 11.9 Å². The van der Waals surface area contributed by atoms with E-state index in [1.54, 1.807) is 0 Å². The maximum absolute atomic E-state index is 12.3. The second-order valence-corrected chi connectivity index (χ2v) is 8.26. The number of rotatable bonds is 11. The highest BCUT2D eigenvalue weighted by molar-refractivity contribution is 5.78. The number of carboxylic acids is 1. The molecule has 3 aromatic carbocycles. The van der Waals surface area contributed by atoms with E-state index in [4.69, 9.17) is 5.11 Å². The Balaban J connectivity index is 1.52. The number of aliphatic carboxylic acids is 1. The van der Waals surface area contributed by atoms with E-state index in [9.17, 15) is 9.59 Å². The fraction of sp³-hybridized carbons (Fsp3) is 0.286. The molecule has 0 aliphatic heterocycles. The Morgan fingerprint density at radius 1 is 0.875 bits per heavy atom. The summed E-state index contributed by atoms with van der Waals surface area (Å²) >= 11 is 0. The van der Waals surface area contributed by atoms with Crippen LogP contribution in [0.25, 0.3) is 0 Å². The van der Waals surface area contributed by atoms with Gasteiger partial charge in [-0.15, -0.1) is 0 Å². The van der Waals surface area contributed by atoms with E-state index in [-0.39, 0.29) is 18.2 Å². The molecule has 4 nitrogen and oxygen atoms in total. The summed E-state index contributed by atoms with van der Waals surface area (Å²) in [6.07, 6.45) is 2.72. The highest BCUT2D eigenvalue weighted by Gasteiger charge is 2.14. The Morgan fingerprint density at radius 3 is 2.22 bits per heavy atom. The lowest BCUT2D eigenvalue weighted by molar-refractivity contribution is -0.137. The SMILES string of the molecule is Cc1ccccc1CCNC(=O)Cc1ccc(CC(CCC(=O)O)c2ccccc2)cc1. The third-order valence-corrected chi connectivity index (χ3v) is 5.83. The average molecular weight is 430 g/mol. The fourth-order valence-corrected chi connectivity index (χ4v) is 3.96. The number of carbonyl (C=O) groups excluding carboxylic acids is 1. The van der Waals surface area contributed by atoms with Crippen LogP contribution in [0.3, 0.4) is 0 Å². The summed E-state index contributed by atoms with van der Waals surface area (Å²) in [4.78, 5) is 23.4. The largest absolute Gasteiger partial charge is 0.481 e. The van der Waals surface area contributed by atoms with Gasteiger partial charge in [0.1, 0.15) is 0 Å². The Hall–Kier alpha value is -3.40. The van der Waals surface area contributed by atoms with Crippen molar-refractivity contribution in [1.29, 1.82) is 0 Å². The molecule has 166 valence electrons. The van der Waals surface area contributed by atoms with Gasteiger partial charge in [-0.05, 0) is 59.9 Å². The molecule has 0 spiro atoms. The van der Waals surface area contributed by atoms with E-state index in [0.29, 0.717) is 19.4 Å². The molecule has 0 bridgehead atoms. The smallest absolute Gasteiger partial charge is 0.303 e. The van der Waals surface area contributed by atoms with Gasteiger partial charge in [0.15, 0.2) is 0 Å². The first kappa shape index (κ1) is 23.3. The summed E-state index contributed by atoms with van der Waals surface area (Å²) in [5.41, 5.74) is 5.78. The molecule has 0 radical (unpaired) electrons. The van der Waals surface area contributed by atoms with Gasteiger partial charge in [0.25, 0.3) is 0 Å². The van der Waals surface area contributed by atoms with E-state index in [2.05, 4.69) is 36.5 Å². The Kier molecular flexibility index (Phi) is 8.61. The lowest BCUT2D eigenvalue weighted by atomic mass is 9.88. The molecule has 2 N–H and O–H groups in total. The van der Waals surface area contributed by atoms with Gasteiger partial charge in [-0.25, -0.2) is 0 Å². The van der Waals surface area contributed by atoms with Crippen LogP contribution in [0.1, 0.15) is 46.6 Å². The molecule has 1 amide bonds. The van der Waals surface area contributed by atoms with Crippen LogP contribution in [0.5, 0.6) is 0 Å². The molecule has 32 heavy (non-hydrogen) atoms. The van der Waals surface area contributed by atoms with Crippen LogP contribution >= 0.6 is 0 Å². The molecule has 4 heteroatoms. The van der Waals surface area contributed by atoms with Crippen molar-refractivity contribution in [3.63, 3.8) is 0 Å². The van der Waals surface area contributed by atoms with E-state index in [0.717, 1.165) is 29.5 Å². The standard InChI is InChI=1S/C28H31NO3/c1-21-7-5-6-8-24(21)17-18-29-27(30)20-23-13-11-22(12-14-23)19-26(15-16-28(31)32)25-9-3-2-4-10-25/h2-14,26H,15-20H2,1H3,(H,29,30)(H,31,32). The van der Waals surface area contributed by atoms with Crippen LogP contribution in [-0.4, -0.2) is 23.5 Å². The minimum Gasteiger partial charge on any atom is -0.481 e. The lowest BCUT2D eigenvalue weighted by Crippen LogP contribution is -2.27. The van der Waals surface area contributed by atoms with Crippen molar-refractivity contribution in [2.24, 2.45) is 0 Å². The molecule has 1 unspecified atom stereocenters. The van der Waals surface area contributed by atoms with Gasteiger partial charge in [0, 0.05) is 13.0 Å². The predicted octanol–water partition coefficient (Wildman–Crippen LogP) is 5.09. The molecule has 3 aromatic rings. The van der Waals surface area contributed by atoms with E-state index in [1.807, 2.05) is 54.6 Å². The molecule has 0 aliphatic carbocycles. The molecular weight excluding hydrogens is 398 g/mol. The lowest BCUT2D eigenvalue weighted by Gasteiger charge is -2.17. The van der Waals surface area contributed by atoms with Gasteiger partial charge in [0.05, 0.1) is 6.42 Å². The van der Waals surface area contributed by atoms with Crippen LogP contribution in [0.15, 0.2) is 78.9 Å². The van der Waals surface area contributed by atoms with Gasteiger partial charge < -0.3 is 10.4 Å². The summed E-state index contributed by atoms with van der Waals surface area (Å²) in [6.45, 7) is 2.72. The number of benzene rings is 3. The van der Waals surface area contributed by atoms with Crippen LogP contribution in [-0.2, 0) is 28.9 Å². The summed E-state index contributed by atoms with van der Waals surface area (Å²) < 4.78 is 0. The van der Waals surface area contributed by atoms with Gasteiger partial charge in [-0.1, -0.05) is 78.9 Å². The average Bonchev–Trinajstić information content (AvgIpc) is 2.79. The quantitative estimate of drug-likeness (QED) is 0.446. The second-order valence-electron chi connectivity index (χ2n) is 8.26. The number of hydrogen-bond acceptors (Lipinski definition) is 2. The molecule has 0 heterocycles. The first-order chi connectivity index (χ1) is 15.5. The van der Waals surface area contributed by atoms with Crippen molar-refractivity contribution in [3.8, 4) is 0 Å². The van der Waals surface area contributed by atoms with Crippen molar-refractivity contribution in [1.82, 2.24) is 5.32 Å². The first-order valence-corrected chi connectivity index (χ1v) is 11.2. The minimum atomic E-state index is -0.769. The highest BCUT2D eigenvalue weighted by atomic mass is 16.4. The maximum Gasteiger partial charge on any atom is 0.303 e. The van der Waals surface area contributed by atoms with Gasteiger partial charge in [-0.2, -0.15) is 0 Å². The summed E-state index contributed by atoms with van der Waals surface area (Å²) in [5, 5.41) is 12.1. The topological polar surface area (TPSA) is 66.4 Å². The zero-order valence-electron chi connectivity index (χ0n) is 18.6. The van der Waals surface area contributed by atoms with Crippen LogP contribution < -0.4 is 5.32 Å². The number of amides is 1. The van der Waals surface area contributed by atoms with Crippen LogP contribution in [0.4, 0.5) is 0 Å². The van der Waals surface area contributed by atoms with Gasteiger partial charge >= 0.3 is 5.97 Å². The van der Waals surface area contributed by atoms with Crippen molar-refractivity contribution in [3.05, 3.63) is 107 Å². The zero-order chi connectivity index (χ0) is 22.8. The Bertz CT molecular complexity index is 1010. The molecular formula is C28H31NO3. The highest BCUT2D eigenvalue weighted by Crippen LogP contribution is 2.26. The Labute approximate surface area is 190 Å². The molecule has 3 rings (SSSR count). The van der Waals surface area contributed by atoms with Crippen LogP contribution in [0, 0.1) is 6.92 Å². The number of aryl methyl sites for hydroxylation is 1. The maximum atomic E-state index is 12.3. The summed E-state index contributed by atoms with van der Waals surface area (Å²) in [7, 11) is 0. The predicted molar refractivity (Wildman–Crippen MR) is 128 cm³/mol. The van der Waals surface area contributed by atoms with E-state index in [1.165, 1.54) is 11.1 Å². The molecule has 0 saturated heterocycles. The molecule has 0 saturated carbocycles. The van der Waals surface area contributed by atoms with Gasteiger partial charge in [0.2, 0.25) is 5.91 Å². The van der Waals surface area contributed by atoms with Gasteiger partial charge in [-0.3, -0.25) is 9.59 Å². The first-order valence-electron chi connectivity index (χ1n) is 11.2. The third-order valence-electron chi connectivity index (χ3n) is 5.83. The molecule has 0 aliphatic rings. The zero-order valence-corrected chi connectivity index (χ0v) is 18.6. The minimum absolute atomic E-state index is 0.0231. The molecule has 0 fully saturated rings. The normalized spacial score (nSPS) is 11.7. The number of nitrogens with one attached hydrogen (secondary N) is 1. The van der Waals surface area contributed by atoms with Crippen molar-refractivity contribution < 1.29 is 14.7 Å². The summed E-state index contributed by atoms with van der Waals surface area (Å²) in [6, 6.07) is 26.4. The monoisotopic (exact) mass is 429 g/mol. The van der Waals surface area contributed by atoms with Crippen molar-refractivity contribution in [2.45, 2.75) is 44.9 Å². The summed E-state index contributed by atoms with van der Waals surface area (Å²) in [5.74, 6) is -0.590. The number of carboxylic acid groups (broad SMARTS) is 1. The second kappa shape index (κ2) is 11.8.